The maximum atomic E-state index is 5.43. The molecule has 1 aliphatic heterocycles. The molecule has 2 heterocycles. The number of fused-ring (bicyclic) bond motifs is 1. The first-order valence-corrected chi connectivity index (χ1v) is 3.69. The number of hydrogen-bond acceptors (Lipinski definition) is 3. The van der Waals surface area contributed by atoms with E-state index in [0.717, 1.165) is 18.0 Å². The van der Waals surface area contributed by atoms with Crippen molar-refractivity contribution in [2.24, 2.45) is 0 Å². The van der Waals surface area contributed by atoms with Crippen molar-refractivity contribution in [1.82, 2.24) is 4.98 Å². The minimum absolute atomic E-state index is 0.381. The van der Waals surface area contributed by atoms with Crippen LogP contribution in [0, 0.1) is 0 Å². The highest BCUT2D eigenvalue weighted by atomic mass is 16.5. The van der Waals surface area contributed by atoms with Crippen molar-refractivity contribution in [2.75, 3.05) is 11.9 Å². The summed E-state index contributed by atoms with van der Waals surface area (Å²) in [4.78, 5) is 3.99. The molecule has 0 amide bonds. The van der Waals surface area contributed by atoms with Crippen LogP contribution in [0.3, 0.4) is 0 Å². The maximum absolute atomic E-state index is 5.43. The van der Waals surface area contributed by atoms with Gasteiger partial charge >= 0.3 is 0 Å². The molecule has 0 radical (unpaired) electrons. The van der Waals surface area contributed by atoms with Gasteiger partial charge in [-0.1, -0.05) is 0 Å². The molecular weight excluding hydrogens is 140 g/mol. The largest absolute Gasteiger partial charge is 0.489 e. The number of aromatic nitrogens is 1. The lowest BCUT2D eigenvalue weighted by atomic mass is 10.2. The van der Waals surface area contributed by atoms with Crippen molar-refractivity contribution < 1.29 is 4.74 Å². The molecule has 0 aromatic carbocycles. The molecule has 0 spiro atoms. The Morgan fingerprint density at radius 2 is 2.64 bits per heavy atom. The summed E-state index contributed by atoms with van der Waals surface area (Å²) in [7, 11) is 0. The van der Waals surface area contributed by atoms with E-state index in [2.05, 4.69) is 17.2 Å². The Balaban J connectivity index is 2.34. The van der Waals surface area contributed by atoms with Gasteiger partial charge in [0.15, 0.2) is 0 Å². The highest BCUT2D eigenvalue weighted by Crippen LogP contribution is 2.26. The first kappa shape index (κ1) is 6.46. The highest BCUT2D eigenvalue weighted by Gasteiger charge is 2.13. The minimum Gasteiger partial charge on any atom is -0.489 e. The van der Waals surface area contributed by atoms with E-state index in [1.165, 1.54) is 0 Å². The summed E-state index contributed by atoms with van der Waals surface area (Å²) in [5, 5.41) is 3.27. The van der Waals surface area contributed by atoms with Crippen molar-refractivity contribution in [1.29, 1.82) is 0 Å². The summed E-state index contributed by atoms with van der Waals surface area (Å²) in [6.45, 7) is 2.81. The molecule has 1 aromatic heterocycles. The smallest absolute Gasteiger partial charge is 0.145 e. The highest BCUT2D eigenvalue weighted by molar-refractivity contribution is 5.56. The van der Waals surface area contributed by atoms with E-state index in [4.69, 9.17) is 4.74 Å². The number of nitrogens with zero attached hydrogens (tertiary/aromatic N) is 1. The van der Waals surface area contributed by atoms with Crippen LogP contribution in [0.2, 0.25) is 0 Å². The topological polar surface area (TPSA) is 34.1 Å². The third kappa shape index (κ3) is 1.13. The van der Waals surface area contributed by atoms with E-state index in [1.54, 1.807) is 12.4 Å². The van der Waals surface area contributed by atoms with Crippen LogP contribution in [0.25, 0.3) is 0 Å². The third-order valence-corrected chi connectivity index (χ3v) is 1.67. The summed E-state index contributed by atoms with van der Waals surface area (Å²) in [5.74, 6) is 0.901. The van der Waals surface area contributed by atoms with Gasteiger partial charge in [-0.2, -0.15) is 0 Å². The van der Waals surface area contributed by atoms with Gasteiger partial charge in [-0.25, -0.2) is 0 Å². The van der Waals surface area contributed by atoms with E-state index < -0.39 is 0 Å². The van der Waals surface area contributed by atoms with Gasteiger partial charge in [-0.3, -0.25) is 4.98 Å². The fourth-order valence-electron chi connectivity index (χ4n) is 1.14. The van der Waals surface area contributed by atoms with Crippen molar-refractivity contribution in [2.45, 2.75) is 13.0 Å². The quantitative estimate of drug-likeness (QED) is 0.604. The molecule has 1 aliphatic rings. The Labute approximate surface area is 65.4 Å². The van der Waals surface area contributed by atoms with Crippen LogP contribution in [0.4, 0.5) is 5.69 Å². The zero-order valence-electron chi connectivity index (χ0n) is 6.37. The molecular formula is C8H10N2O. The SMILES string of the molecule is CC1COc2ccncc2N1. The van der Waals surface area contributed by atoms with Crippen LogP contribution in [0.15, 0.2) is 18.5 Å². The number of anilines is 1. The molecule has 1 atom stereocenters. The molecule has 3 heteroatoms. The van der Waals surface area contributed by atoms with Gasteiger partial charge < -0.3 is 10.1 Å². The summed E-state index contributed by atoms with van der Waals surface area (Å²) in [5.41, 5.74) is 0.992. The first-order valence-electron chi connectivity index (χ1n) is 3.69. The second-order valence-electron chi connectivity index (χ2n) is 2.73. The fourth-order valence-corrected chi connectivity index (χ4v) is 1.14. The van der Waals surface area contributed by atoms with Crippen LogP contribution >= 0.6 is 0 Å². The van der Waals surface area contributed by atoms with Crippen LogP contribution in [-0.2, 0) is 0 Å². The van der Waals surface area contributed by atoms with Gasteiger partial charge in [0.05, 0.1) is 17.9 Å². The standard InChI is InChI=1S/C8H10N2O/c1-6-5-11-8-2-3-9-4-7(8)10-6/h2-4,6,10H,5H2,1H3. The molecule has 0 saturated heterocycles. The minimum atomic E-state index is 0.381. The Kier molecular flexibility index (Phi) is 1.42. The normalized spacial score (nSPS) is 21.4. The Hall–Kier alpha value is -1.25. The summed E-state index contributed by atoms with van der Waals surface area (Å²) < 4.78 is 5.43. The summed E-state index contributed by atoms with van der Waals surface area (Å²) in [6.07, 6.45) is 3.52. The number of nitrogens with one attached hydrogen (secondary N) is 1. The van der Waals surface area contributed by atoms with Gasteiger partial charge in [-0.05, 0) is 6.92 Å². The molecule has 58 valence electrons. The molecule has 1 aromatic rings. The van der Waals surface area contributed by atoms with Gasteiger partial charge in [0.25, 0.3) is 0 Å². The van der Waals surface area contributed by atoms with Crippen molar-refractivity contribution in [3.8, 4) is 5.75 Å². The lowest BCUT2D eigenvalue weighted by Crippen LogP contribution is -2.28. The fraction of sp³-hybridized carbons (Fsp3) is 0.375. The van der Waals surface area contributed by atoms with E-state index in [-0.39, 0.29) is 0 Å². The lowest BCUT2D eigenvalue weighted by molar-refractivity contribution is 0.291. The van der Waals surface area contributed by atoms with Crippen molar-refractivity contribution in [3.05, 3.63) is 18.5 Å². The lowest BCUT2D eigenvalue weighted by Gasteiger charge is -2.23. The number of hydrogen-bond donors (Lipinski definition) is 1. The zero-order valence-corrected chi connectivity index (χ0v) is 6.37. The van der Waals surface area contributed by atoms with Crippen LogP contribution in [0.1, 0.15) is 6.92 Å². The van der Waals surface area contributed by atoms with Gasteiger partial charge in [0.1, 0.15) is 12.4 Å². The molecule has 0 saturated carbocycles. The summed E-state index contributed by atoms with van der Waals surface area (Å²) >= 11 is 0. The Morgan fingerprint density at radius 1 is 1.73 bits per heavy atom. The van der Waals surface area contributed by atoms with Gasteiger partial charge in [-0.15, -0.1) is 0 Å². The van der Waals surface area contributed by atoms with E-state index in [0.29, 0.717) is 6.04 Å². The number of rotatable bonds is 0. The average molecular weight is 150 g/mol. The molecule has 0 fully saturated rings. The zero-order chi connectivity index (χ0) is 7.68. The Morgan fingerprint density at radius 3 is 3.55 bits per heavy atom. The molecule has 2 rings (SSSR count). The van der Waals surface area contributed by atoms with Crippen molar-refractivity contribution >= 4 is 5.69 Å². The third-order valence-electron chi connectivity index (χ3n) is 1.67. The van der Waals surface area contributed by atoms with Crippen molar-refractivity contribution in [3.63, 3.8) is 0 Å². The van der Waals surface area contributed by atoms with E-state index >= 15 is 0 Å². The molecule has 11 heavy (non-hydrogen) atoms. The number of ether oxygens (including phenoxy) is 1. The van der Waals surface area contributed by atoms with Gasteiger partial charge in [0.2, 0.25) is 0 Å². The maximum Gasteiger partial charge on any atom is 0.145 e. The van der Waals surface area contributed by atoms with E-state index in [1.807, 2.05) is 6.07 Å². The second-order valence-corrected chi connectivity index (χ2v) is 2.73. The van der Waals surface area contributed by atoms with Crippen LogP contribution in [0.5, 0.6) is 5.75 Å². The second kappa shape index (κ2) is 2.42. The van der Waals surface area contributed by atoms with E-state index in [9.17, 15) is 0 Å². The van der Waals surface area contributed by atoms with Gasteiger partial charge in [0, 0.05) is 12.3 Å². The van der Waals surface area contributed by atoms with Crippen LogP contribution < -0.4 is 10.1 Å². The average Bonchev–Trinajstić information content (AvgIpc) is 2.04. The Bertz CT molecular complexity index is 262. The molecule has 0 bridgehead atoms. The molecule has 0 aliphatic carbocycles. The van der Waals surface area contributed by atoms with Crippen LogP contribution in [-0.4, -0.2) is 17.6 Å². The number of pyridine rings is 1. The molecule has 3 nitrogen and oxygen atoms in total. The first-order chi connectivity index (χ1) is 5.36. The molecule has 1 N–H and O–H groups in total. The summed E-state index contributed by atoms with van der Waals surface area (Å²) in [6, 6.07) is 2.25. The molecule has 1 unspecified atom stereocenters. The monoisotopic (exact) mass is 150 g/mol. The predicted molar refractivity (Wildman–Crippen MR) is 42.8 cm³/mol. The predicted octanol–water partition coefficient (Wildman–Crippen LogP) is 1.27.